The Labute approximate surface area is 113 Å². The van der Waals surface area contributed by atoms with E-state index in [1.165, 1.54) is 5.56 Å². The number of rotatable bonds is 6. The van der Waals surface area contributed by atoms with Gasteiger partial charge < -0.3 is 15.8 Å². The number of hydrogen-bond acceptors (Lipinski definition) is 4. The molecule has 4 nitrogen and oxygen atoms in total. The van der Waals surface area contributed by atoms with Gasteiger partial charge in [0.05, 0.1) is 12.3 Å². The van der Waals surface area contributed by atoms with Crippen molar-refractivity contribution in [3.8, 4) is 5.75 Å². The van der Waals surface area contributed by atoms with Crippen molar-refractivity contribution in [2.45, 2.75) is 13.3 Å². The molecule has 19 heavy (non-hydrogen) atoms. The Hall–Kier alpha value is -2.23. The maximum Gasteiger partial charge on any atom is 0.144 e. The van der Waals surface area contributed by atoms with Gasteiger partial charge in [0.2, 0.25) is 0 Å². The first-order valence-electron chi connectivity index (χ1n) is 6.44. The van der Waals surface area contributed by atoms with Crippen molar-refractivity contribution < 1.29 is 4.74 Å². The van der Waals surface area contributed by atoms with Crippen molar-refractivity contribution in [3.63, 3.8) is 0 Å². The van der Waals surface area contributed by atoms with E-state index in [1.807, 2.05) is 37.4 Å². The molecule has 100 valence electrons. The number of anilines is 2. The van der Waals surface area contributed by atoms with E-state index >= 15 is 0 Å². The van der Waals surface area contributed by atoms with Gasteiger partial charge in [-0.25, -0.2) is 0 Å². The van der Waals surface area contributed by atoms with Crippen molar-refractivity contribution in [1.82, 2.24) is 4.98 Å². The lowest BCUT2D eigenvalue weighted by molar-refractivity contribution is 0.342. The van der Waals surface area contributed by atoms with Crippen molar-refractivity contribution in [1.29, 1.82) is 0 Å². The highest BCUT2D eigenvalue weighted by atomic mass is 16.5. The van der Waals surface area contributed by atoms with Crippen molar-refractivity contribution in [3.05, 3.63) is 48.3 Å². The minimum absolute atomic E-state index is 0.614. The molecule has 0 aliphatic rings. The summed E-state index contributed by atoms with van der Waals surface area (Å²) in [6, 6.07) is 9.77. The molecule has 0 amide bonds. The fourth-order valence-corrected chi connectivity index (χ4v) is 1.82. The molecular weight excluding hydrogens is 238 g/mol. The third-order valence-corrected chi connectivity index (χ3v) is 2.78. The summed E-state index contributed by atoms with van der Waals surface area (Å²) in [4.78, 5) is 4.10. The molecule has 0 fully saturated rings. The first-order valence-corrected chi connectivity index (χ1v) is 6.44. The lowest BCUT2D eigenvalue weighted by Crippen LogP contribution is -2.06. The van der Waals surface area contributed by atoms with Crippen LogP contribution >= 0.6 is 0 Å². The fraction of sp³-hybridized carbons (Fsp3) is 0.267. The van der Waals surface area contributed by atoms with E-state index in [9.17, 15) is 0 Å². The average Bonchev–Trinajstić information content (AvgIpc) is 2.44. The Balaban J connectivity index is 1.91. The number of ether oxygens (including phenoxy) is 1. The number of nitrogens with zero attached hydrogens (tertiary/aromatic N) is 1. The molecule has 0 aliphatic carbocycles. The summed E-state index contributed by atoms with van der Waals surface area (Å²) in [5.41, 5.74) is 8.73. The van der Waals surface area contributed by atoms with E-state index in [0.717, 1.165) is 24.4 Å². The zero-order valence-corrected chi connectivity index (χ0v) is 11.1. The lowest BCUT2D eigenvalue weighted by atomic mass is 10.2. The molecule has 0 bridgehead atoms. The Kier molecular flexibility index (Phi) is 4.61. The Morgan fingerprint density at radius 2 is 2.21 bits per heavy atom. The first kappa shape index (κ1) is 13.2. The highest BCUT2D eigenvalue weighted by molar-refractivity contribution is 5.61. The van der Waals surface area contributed by atoms with Crippen LogP contribution in [0.4, 0.5) is 11.4 Å². The molecule has 0 unspecified atom stereocenters. The van der Waals surface area contributed by atoms with Crippen LogP contribution in [0.3, 0.4) is 0 Å². The number of nitrogens with one attached hydrogen (secondary N) is 1. The number of pyridine rings is 1. The molecular formula is C15H19N3O. The molecule has 0 spiro atoms. The van der Waals surface area contributed by atoms with E-state index in [-0.39, 0.29) is 0 Å². The van der Waals surface area contributed by atoms with E-state index < -0.39 is 0 Å². The summed E-state index contributed by atoms with van der Waals surface area (Å²) >= 11 is 0. The molecule has 0 atom stereocenters. The lowest BCUT2D eigenvalue weighted by Gasteiger charge is -2.11. The van der Waals surface area contributed by atoms with Gasteiger partial charge in [-0.05, 0) is 37.1 Å². The molecule has 0 saturated carbocycles. The van der Waals surface area contributed by atoms with E-state index in [1.54, 1.807) is 6.20 Å². The number of benzene rings is 1. The van der Waals surface area contributed by atoms with Gasteiger partial charge in [-0.1, -0.05) is 6.07 Å². The summed E-state index contributed by atoms with van der Waals surface area (Å²) in [7, 11) is 0. The quantitative estimate of drug-likeness (QED) is 0.781. The maximum absolute atomic E-state index is 5.83. The SMILES string of the molecule is CCOc1cc(NCCc2cccnc2)ccc1N. The van der Waals surface area contributed by atoms with Crippen LogP contribution in [0.5, 0.6) is 5.75 Å². The second-order valence-corrected chi connectivity index (χ2v) is 4.22. The third-order valence-electron chi connectivity index (χ3n) is 2.78. The van der Waals surface area contributed by atoms with Crippen LogP contribution < -0.4 is 15.8 Å². The first-order chi connectivity index (χ1) is 9.29. The van der Waals surface area contributed by atoms with E-state index in [4.69, 9.17) is 10.5 Å². The summed E-state index contributed by atoms with van der Waals surface area (Å²) < 4.78 is 5.47. The van der Waals surface area contributed by atoms with Gasteiger partial charge in [-0.3, -0.25) is 4.98 Å². The van der Waals surface area contributed by atoms with Gasteiger partial charge in [-0.2, -0.15) is 0 Å². The van der Waals surface area contributed by atoms with Gasteiger partial charge in [-0.15, -0.1) is 0 Å². The zero-order valence-electron chi connectivity index (χ0n) is 11.1. The largest absolute Gasteiger partial charge is 0.492 e. The van der Waals surface area contributed by atoms with Gasteiger partial charge in [0.25, 0.3) is 0 Å². The number of nitrogens with two attached hydrogens (primary N) is 1. The predicted molar refractivity (Wildman–Crippen MR) is 78.5 cm³/mol. The van der Waals surface area contributed by atoms with Crippen molar-refractivity contribution in [2.75, 3.05) is 24.2 Å². The van der Waals surface area contributed by atoms with E-state index in [0.29, 0.717) is 12.3 Å². The van der Waals surface area contributed by atoms with Crippen LogP contribution in [0.15, 0.2) is 42.7 Å². The topological polar surface area (TPSA) is 60.2 Å². The predicted octanol–water partition coefficient (Wildman–Crippen LogP) is 2.72. The van der Waals surface area contributed by atoms with Gasteiger partial charge in [0.15, 0.2) is 0 Å². The minimum atomic E-state index is 0.614. The number of nitrogen functional groups attached to an aromatic ring is 1. The second-order valence-electron chi connectivity index (χ2n) is 4.22. The molecule has 1 aromatic heterocycles. The van der Waals surface area contributed by atoms with Gasteiger partial charge >= 0.3 is 0 Å². The maximum atomic E-state index is 5.83. The smallest absolute Gasteiger partial charge is 0.144 e. The number of aromatic nitrogens is 1. The van der Waals surface area contributed by atoms with E-state index in [2.05, 4.69) is 16.4 Å². The second kappa shape index (κ2) is 6.64. The average molecular weight is 257 g/mol. The molecule has 3 N–H and O–H groups in total. The molecule has 0 saturated heterocycles. The Bertz CT molecular complexity index is 514. The summed E-state index contributed by atoms with van der Waals surface area (Å²) in [5.74, 6) is 0.730. The van der Waals surface area contributed by atoms with Crippen molar-refractivity contribution in [2.24, 2.45) is 0 Å². The molecule has 1 heterocycles. The minimum Gasteiger partial charge on any atom is -0.492 e. The highest BCUT2D eigenvalue weighted by Gasteiger charge is 2.01. The van der Waals surface area contributed by atoms with Gasteiger partial charge in [0, 0.05) is 30.7 Å². The number of hydrogen-bond donors (Lipinski definition) is 2. The van der Waals surface area contributed by atoms with Crippen LogP contribution in [-0.2, 0) is 6.42 Å². The Morgan fingerprint density at radius 1 is 1.32 bits per heavy atom. The third kappa shape index (κ3) is 3.88. The van der Waals surface area contributed by atoms with Crippen LogP contribution in [-0.4, -0.2) is 18.1 Å². The fourth-order valence-electron chi connectivity index (χ4n) is 1.82. The molecule has 0 radical (unpaired) electrons. The van der Waals surface area contributed by atoms with Crippen LogP contribution in [0.1, 0.15) is 12.5 Å². The van der Waals surface area contributed by atoms with Crippen LogP contribution in [0, 0.1) is 0 Å². The van der Waals surface area contributed by atoms with Crippen LogP contribution in [0.25, 0.3) is 0 Å². The van der Waals surface area contributed by atoms with Gasteiger partial charge in [0.1, 0.15) is 5.75 Å². The summed E-state index contributed by atoms with van der Waals surface area (Å²) in [6.07, 6.45) is 4.60. The molecule has 1 aromatic carbocycles. The monoisotopic (exact) mass is 257 g/mol. The summed E-state index contributed by atoms with van der Waals surface area (Å²) in [6.45, 7) is 3.41. The molecule has 2 rings (SSSR count). The Morgan fingerprint density at radius 3 is 2.95 bits per heavy atom. The van der Waals surface area contributed by atoms with Crippen molar-refractivity contribution >= 4 is 11.4 Å². The van der Waals surface area contributed by atoms with Crippen LogP contribution in [0.2, 0.25) is 0 Å². The normalized spacial score (nSPS) is 10.2. The molecule has 4 heteroatoms. The highest BCUT2D eigenvalue weighted by Crippen LogP contribution is 2.25. The summed E-state index contributed by atoms with van der Waals surface area (Å²) in [5, 5.41) is 3.36. The molecule has 0 aliphatic heterocycles. The zero-order chi connectivity index (χ0) is 13.5. The molecule has 2 aromatic rings. The standard InChI is InChI=1S/C15H19N3O/c1-2-19-15-10-13(5-6-14(15)16)18-9-7-12-4-3-8-17-11-12/h3-6,8,10-11,18H,2,7,9,16H2,1H3.